The summed E-state index contributed by atoms with van der Waals surface area (Å²) in [6.07, 6.45) is 3.75. The third-order valence-electron chi connectivity index (χ3n) is 4.85. The summed E-state index contributed by atoms with van der Waals surface area (Å²) in [6.45, 7) is 1.63. The minimum Gasteiger partial charge on any atom is -0.478 e. The van der Waals surface area contributed by atoms with Gasteiger partial charge in [-0.05, 0) is 36.1 Å². The Morgan fingerprint density at radius 2 is 2.04 bits per heavy atom. The zero-order valence-electron chi connectivity index (χ0n) is 13.6. The van der Waals surface area contributed by atoms with Crippen molar-refractivity contribution in [2.45, 2.75) is 18.8 Å². The average Bonchev–Trinajstić information content (AvgIpc) is 3.05. The van der Waals surface area contributed by atoms with Gasteiger partial charge in [-0.25, -0.2) is 4.79 Å². The quantitative estimate of drug-likeness (QED) is 0.688. The number of carboxylic acid groups (broad SMARTS) is 1. The molecule has 0 spiro atoms. The van der Waals surface area contributed by atoms with Crippen molar-refractivity contribution in [2.75, 3.05) is 13.2 Å². The van der Waals surface area contributed by atoms with E-state index in [0.29, 0.717) is 16.3 Å². The molecule has 0 amide bonds. The second kappa shape index (κ2) is 6.54. The SMILES string of the molecule is O=C(O)c1c[nH]c2cc(Cl)c(-c3ccc(C4CCCOC4)cc3)cc12. The topological polar surface area (TPSA) is 62.3 Å². The molecule has 1 aromatic heterocycles. The molecule has 5 heteroatoms. The van der Waals surface area contributed by atoms with Crippen molar-refractivity contribution >= 4 is 28.5 Å². The summed E-state index contributed by atoms with van der Waals surface area (Å²) in [7, 11) is 0. The minimum atomic E-state index is -0.952. The fourth-order valence-electron chi connectivity index (χ4n) is 3.48. The highest BCUT2D eigenvalue weighted by Crippen LogP contribution is 2.34. The first-order valence-corrected chi connectivity index (χ1v) is 8.73. The number of benzene rings is 2. The van der Waals surface area contributed by atoms with E-state index in [2.05, 4.69) is 17.1 Å². The summed E-state index contributed by atoms with van der Waals surface area (Å²) in [4.78, 5) is 14.3. The Labute approximate surface area is 150 Å². The molecule has 0 radical (unpaired) electrons. The Kier molecular flexibility index (Phi) is 4.24. The van der Waals surface area contributed by atoms with E-state index in [1.54, 1.807) is 6.07 Å². The number of rotatable bonds is 3. The number of aromatic nitrogens is 1. The zero-order chi connectivity index (χ0) is 17.4. The Hall–Kier alpha value is -2.30. The smallest absolute Gasteiger partial charge is 0.337 e. The van der Waals surface area contributed by atoms with E-state index >= 15 is 0 Å². The maximum Gasteiger partial charge on any atom is 0.337 e. The van der Waals surface area contributed by atoms with Gasteiger partial charge in [0, 0.05) is 35.2 Å². The van der Waals surface area contributed by atoms with Crippen LogP contribution < -0.4 is 0 Å². The van der Waals surface area contributed by atoms with E-state index in [1.807, 2.05) is 18.2 Å². The molecule has 3 aromatic rings. The minimum absolute atomic E-state index is 0.254. The van der Waals surface area contributed by atoms with Crippen LogP contribution in [0.15, 0.2) is 42.6 Å². The third kappa shape index (κ3) is 3.03. The van der Waals surface area contributed by atoms with Crippen LogP contribution >= 0.6 is 11.6 Å². The van der Waals surface area contributed by atoms with Gasteiger partial charge < -0.3 is 14.8 Å². The number of H-pyrrole nitrogens is 1. The van der Waals surface area contributed by atoms with Crippen molar-refractivity contribution in [3.63, 3.8) is 0 Å². The van der Waals surface area contributed by atoms with E-state index in [0.717, 1.165) is 42.7 Å². The molecular weight excluding hydrogens is 338 g/mol. The summed E-state index contributed by atoms with van der Waals surface area (Å²) in [5, 5.41) is 10.6. The van der Waals surface area contributed by atoms with Gasteiger partial charge in [0.15, 0.2) is 0 Å². The number of aromatic amines is 1. The number of aromatic carboxylic acids is 1. The summed E-state index contributed by atoms with van der Waals surface area (Å²) >= 11 is 6.43. The molecule has 25 heavy (non-hydrogen) atoms. The fourth-order valence-corrected chi connectivity index (χ4v) is 3.75. The summed E-state index contributed by atoms with van der Waals surface area (Å²) < 4.78 is 5.57. The molecule has 4 rings (SSSR count). The normalized spacial score (nSPS) is 17.7. The van der Waals surface area contributed by atoms with Crippen LogP contribution in [0.2, 0.25) is 5.02 Å². The molecule has 1 fully saturated rings. The Bertz CT molecular complexity index is 924. The largest absolute Gasteiger partial charge is 0.478 e. The lowest BCUT2D eigenvalue weighted by Crippen LogP contribution is -2.15. The highest BCUT2D eigenvalue weighted by Gasteiger charge is 2.17. The lowest BCUT2D eigenvalue weighted by Gasteiger charge is -2.22. The molecule has 0 saturated carbocycles. The fraction of sp³-hybridized carbons (Fsp3) is 0.250. The van der Waals surface area contributed by atoms with Crippen molar-refractivity contribution in [3.05, 3.63) is 58.7 Å². The number of carbonyl (C=O) groups is 1. The molecule has 2 N–H and O–H groups in total. The zero-order valence-corrected chi connectivity index (χ0v) is 14.3. The molecule has 1 atom stereocenters. The lowest BCUT2D eigenvalue weighted by atomic mass is 9.92. The van der Waals surface area contributed by atoms with Crippen LogP contribution in [-0.2, 0) is 4.74 Å². The van der Waals surface area contributed by atoms with E-state index in [-0.39, 0.29) is 5.56 Å². The van der Waals surface area contributed by atoms with Crippen molar-refractivity contribution in [1.29, 1.82) is 0 Å². The third-order valence-corrected chi connectivity index (χ3v) is 5.17. The van der Waals surface area contributed by atoms with Crippen molar-refractivity contribution in [3.8, 4) is 11.1 Å². The molecule has 1 aliphatic rings. The van der Waals surface area contributed by atoms with Gasteiger partial charge in [-0.15, -0.1) is 0 Å². The number of carboxylic acids is 1. The maximum atomic E-state index is 11.4. The molecule has 0 aliphatic carbocycles. The maximum absolute atomic E-state index is 11.4. The summed E-state index contributed by atoms with van der Waals surface area (Å²) in [5.74, 6) is -0.504. The number of hydrogen-bond donors (Lipinski definition) is 2. The molecular formula is C20H18ClNO3. The molecule has 0 bridgehead atoms. The average molecular weight is 356 g/mol. The first kappa shape index (κ1) is 16.2. The van der Waals surface area contributed by atoms with Gasteiger partial charge in [0.25, 0.3) is 0 Å². The number of hydrogen-bond acceptors (Lipinski definition) is 2. The van der Waals surface area contributed by atoms with Crippen LogP contribution in [0, 0.1) is 0 Å². The predicted molar refractivity (Wildman–Crippen MR) is 98.5 cm³/mol. The van der Waals surface area contributed by atoms with Crippen LogP contribution in [0.5, 0.6) is 0 Å². The first-order valence-electron chi connectivity index (χ1n) is 8.35. The van der Waals surface area contributed by atoms with Gasteiger partial charge in [-0.2, -0.15) is 0 Å². The monoisotopic (exact) mass is 355 g/mol. The van der Waals surface area contributed by atoms with Crippen LogP contribution in [0.1, 0.15) is 34.7 Å². The number of fused-ring (bicyclic) bond motifs is 1. The van der Waals surface area contributed by atoms with E-state index < -0.39 is 5.97 Å². The highest BCUT2D eigenvalue weighted by atomic mass is 35.5. The van der Waals surface area contributed by atoms with Crippen LogP contribution in [0.3, 0.4) is 0 Å². The Morgan fingerprint density at radius 3 is 2.72 bits per heavy atom. The Morgan fingerprint density at radius 1 is 1.24 bits per heavy atom. The van der Waals surface area contributed by atoms with Crippen LogP contribution in [0.4, 0.5) is 0 Å². The van der Waals surface area contributed by atoms with Crippen LogP contribution in [0.25, 0.3) is 22.0 Å². The highest BCUT2D eigenvalue weighted by molar-refractivity contribution is 6.34. The van der Waals surface area contributed by atoms with Gasteiger partial charge >= 0.3 is 5.97 Å². The molecule has 1 aliphatic heterocycles. The predicted octanol–water partition coefficient (Wildman–Crippen LogP) is 5.08. The first-order chi connectivity index (χ1) is 12.1. The van der Waals surface area contributed by atoms with Crippen molar-refractivity contribution in [2.24, 2.45) is 0 Å². The molecule has 2 aromatic carbocycles. The molecule has 1 saturated heterocycles. The van der Waals surface area contributed by atoms with E-state index in [1.165, 1.54) is 11.8 Å². The van der Waals surface area contributed by atoms with Crippen molar-refractivity contribution in [1.82, 2.24) is 4.98 Å². The van der Waals surface area contributed by atoms with E-state index in [4.69, 9.17) is 16.3 Å². The van der Waals surface area contributed by atoms with Gasteiger partial charge in [-0.3, -0.25) is 0 Å². The van der Waals surface area contributed by atoms with Gasteiger partial charge in [-0.1, -0.05) is 35.9 Å². The molecule has 128 valence electrons. The van der Waals surface area contributed by atoms with Gasteiger partial charge in [0.2, 0.25) is 0 Å². The van der Waals surface area contributed by atoms with E-state index in [9.17, 15) is 9.90 Å². The second-order valence-corrected chi connectivity index (χ2v) is 6.83. The Balaban J connectivity index is 1.72. The van der Waals surface area contributed by atoms with Crippen LogP contribution in [-0.4, -0.2) is 29.3 Å². The second-order valence-electron chi connectivity index (χ2n) is 6.42. The van der Waals surface area contributed by atoms with Gasteiger partial charge in [0.1, 0.15) is 0 Å². The summed E-state index contributed by atoms with van der Waals surface area (Å²) in [5.41, 5.74) is 4.06. The molecule has 2 heterocycles. The standard InChI is InChI=1S/C20H18ClNO3/c21-18-9-19-16(17(10-22-19)20(23)24)8-15(18)13-5-3-12(4-6-13)14-2-1-7-25-11-14/h3-6,8-10,14,22H,1-2,7,11H2,(H,23,24). The van der Waals surface area contributed by atoms with Gasteiger partial charge in [0.05, 0.1) is 17.2 Å². The number of ether oxygens (including phenoxy) is 1. The molecule has 1 unspecified atom stereocenters. The number of halogens is 1. The molecule has 4 nitrogen and oxygen atoms in total. The summed E-state index contributed by atoms with van der Waals surface area (Å²) in [6, 6.07) is 11.9. The number of nitrogens with one attached hydrogen (secondary N) is 1. The lowest BCUT2D eigenvalue weighted by molar-refractivity contribution is 0.0699. The van der Waals surface area contributed by atoms with Crippen molar-refractivity contribution < 1.29 is 14.6 Å².